The smallest absolute Gasteiger partial charge is 0.258 e. The lowest BCUT2D eigenvalue weighted by Gasteiger charge is -2.31. The standard InChI is InChI=1S/C23H24N2O3/c26-22(15-27-18-9-5-2-6-10-18)24-16-23-12-11-21(28-23)19-13-25(14-20(19)23)17-7-3-1-4-8-17/h1-12,19-21H,13-16H2,(H,24,26). The van der Waals surface area contributed by atoms with Crippen molar-refractivity contribution in [1.29, 1.82) is 0 Å². The molecule has 1 N–H and O–H groups in total. The summed E-state index contributed by atoms with van der Waals surface area (Å²) in [7, 11) is 0. The highest BCUT2D eigenvalue weighted by Gasteiger charge is 2.59. The van der Waals surface area contributed by atoms with Crippen molar-refractivity contribution in [2.24, 2.45) is 11.8 Å². The zero-order valence-electron chi connectivity index (χ0n) is 15.7. The van der Waals surface area contributed by atoms with Gasteiger partial charge < -0.3 is 19.7 Å². The first-order valence-corrected chi connectivity index (χ1v) is 9.85. The quantitative estimate of drug-likeness (QED) is 0.788. The van der Waals surface area contributed by atoms with Crippen LogP contribution in [-0.4, -0.2) is 43.9 Å². The molecular formula is C23H24N2O3. The number of carbonyl (C=O) groups is 1. The van der Waals surface area contributed by atoms with Gasteiger partial charge in [0.25, 0.3) is 5.91 Å². The summed E-state index contributed by atoms with van der Waals surface area (Å²) in [5.74, 6) is 1.43. The molecule has 2 fully saturated rings. The number of anilines is 1. The maximum atomic E-state index is 12.3. The van der Waals surface area contributed by atoms with Gasteiger partial charge >= 0.3 is 0 Å². The molecule has 5 heteroatoms. The Balaban J connectivity index is 1.21. The lowest BCUT2D eigenvalue weighted by molar-refractivity contribution is -0.124. The van der Waals surface area contributed by atoms with Crippen molar-refractivity contribution in [2.75, 3.05) is 31.1 Å². The third-order valence-corrected chi connectivity index (χ3v) is 6.13. The second kappa shape index (κ2) is 6.99. The van der Waals surface area contributed by atoms with Crippen LogP contribution in [0.1, 0.15) is 0 Å². The third kappa shape index (κ3) is 3.06. The number of hydrogen-bond acceptors (Lipinski definition) is 4. The number of hydrogen-bond donors (Lipinski definition) is 1. The average Bonchev–Trinajstić information content (AvgIpc) is 3.44. The highest BCUT2D eigenvalue weighted by atomic mass is 16.5. The highest BCUT2D eigenvalue weighted by molar-refractivity contribution is 5.77. The van der Waals surface area contributed by atoms with E-state index in [1.54, 1.807) is 0 Å². The fourth-order valence-electron chi connectivity index (χ4n) is 4.74. The predicted molar refractivity (Wildman–Crippen MR) is 107 cm³/mol. The molecule has 3 heterocycles. The fraction of sp³-hybridized carbons (Fsp3) is 0.348. The van der Waals surface area contributed by atoms with Gasteiger partial charge in [-0.1, -0.05) is 48.6 Å². The van der Waals surface area contributed by atoms with Gasteiger partial charge in [0, 0.05) is 30.6 Å². The summed E-state index contributed by atoms with van der Waals surface area (Å²) in [5, 5.41) is 3.02. The highest BCUT2D eigenvalue weighted by Crippen LogP contribution is 2.50. The van der Waals surface area contributed by atoms with Gasteiger partial charge in [-0.15, -0.1) is 0 Å². The number of amides is 1. The predicted octanol–water partition coefficient (Wildman–Crippen LogP) is 2.64. The Hall–Kier alpha value is -2.79. The summed E-state index contributed by atoms with van der Waals surface area (Å²) in [6.07, 6.45) is 4.48. The SMILES string of the molecule is O=C(COc1ccccc1)NCC12C=CC(O1)C1CN(c3ccccc3)CC12. The van der Waals surface area contributed by atoms with E-state index in [2.05, 4.69) is 46.6 Å². The van der Waals surface area contributed by atoms with Gasteiger partial charge in [0.1, 0.15) is 11.4 Å². The summed E-state index contributed by atoms with van der Waals surface area (Å²) >= 11 is 0. The van der Waals surface area contributed by atoms with Crippen molar-refractivity contribution in [3.63, 3.8) is 0 Å². The lowest BCUT2D eigenvalue weighted by Crippen LogP contribution is -2.47. The van der Waals surface area contributed by atoms with E-state index in [1.165, 1.54) is 5.69 Å². The first-order valence-electron chi connectivity index (χ1n) is 9.85. The molecule has 0 radical (unpaired) electrons. The van der Waals surface area contributed by atoms with E-state index in [-0.39, 0.29) is 18.6 Å². The summed E-state index contributed by atoms with van der Waals surface area (Å²) < 4.78 is 11.9. The van der Waals surface area contributed by atoms with Crippen LogP contribution in [0.15, 0.2) is 72.8 Å². The van der Waals surface area contributed by atoms with Gasteiger partial charge in [-0.2, -0.15) is 0 Å². The number of fused-ring (bicyclic) bond motifs is 5. The van der Waals surface area contributed by atoms with Crippen LogP contribution in [-0.2, 0) is 9.53 Å². The molecule has 5 nitrogen and oxygen atoms in total. The number of para-hydroxylation sites is 2. The molecule has 2 aromatic carbocycles. The van der Waals surface area contributed by atoms with E-state index >= 15 is 0 Å². The van der Waals surface area contributed by atoms with Crippen molar-refractivity contribution < 1.29 is 14.3 Å². The monoisotopic (exact) mass is 376 g/mol. The van der Waals surface area contributed by atoms with E-state index in [4.69, 9.17) is 9.47 Å². The molecule has 2 bridgehead atoms. The normalized spacial score (nSPS) is 29.7. The lowest BCUT2D eigenvalue weighted by atomic mass is 9.77. The number of benzene rings is 2. The minimum absolute atomic E-state index is 0.0114. The molecule has 0 aliphatic carbocycles. The van der Waals surface area contributed by atoms with Crippen molar-refractivity contribution >= 4 is 11.6 Å². The van der Waals surface area contributed by atoms with Crippen LogP contribution in [0.25, 0.3) is 0 Å². The Morgan fingerprint density at radius 1 is 1.11 bits per heavy atom. The van der Waals surface area contributed by atoms with Crippen molar-refractivity contribution in [2.45, 2.75) is 11.7 Å². The maximum Gasteiger partial charge on any atom is 0.258 e. The first kappa shape index (κ1) is 17.3. The fourth-order valence-corrected chi connectivity index (χ4v) is 4.74. The summed E-state index contributed by atoms with van der Waals surface area (Å²) in [6, 6.07) is 19.9. The van der Waals surface area contributed by atoms with Crippen molar-refractivity contribution in [3.05, 3.63) is 72.8 Å². The average molecular weight is 376 g/mol. The van der Waals surface area contributed by atoms with Crippen molar-refractivity contribution in [1.82, 2.24) is 5.32 Å². The molecule has 0 spiro atoms. The van der Waals surface area contributed by atoms with Crippen molar-refractivity contribution in [3.8, 4) is 5.75 Å². The molecule has 0 aromatic heterocycles. The molecule has 2 saturated heterocycles. The second-order valence-corrected chi connectivity index (χ2v) is 7.79. The Morgan fingerprint density at radius 2 is 1.86 bits per heavy atom. The molecule has 1 amide bonds. The summed E-state index contributed by atoms with van der Waals surface area (Å²) in [5.41, 5.74) is 0.855. The largest absolute Gasteiger partial charge is 0.484 e. The Kier molecular flexibility index (Phi) is 4.32. The first-order chi connectivity index (χ1) is 13.7. The van der Waals surface area contributed by atoms with E-state index in [9.17, 15) is 4.79 Å². The zero-order chi connectivity index (χ0) is 19.0. The van der Waals surface area contributed by atoms with Gasteiger partial charge in [0.05, 0.1) is 12.6 Å². The van der Waals surface area contributed by atoms with E-state index < -0.39 is 5.60 Å². The molecule has 28 heavy (non-hydrogen) atoms. The van der Waals surface area contributed by atoms with Crippen LogP contribution in [0.2, 0.25) is 0 Å². The Labute approximate surface area is 164 Å². The third-order valence-electron chi connectivity index (χ3n) is 6.13. The maximum absolute atomic E-state index is 12.3. The molecule has 3 aliphatic heterocycles. The molecule has 0 saturated carbocycles. The van der Waals surface area contributed by atoms with E-state index in [1.807, 2.05) is 36.4 Å². The molecule has 3 aliphatic rings. The number of nitrogens with zero attached hydrogens (tertiary/aromatic N) is 1. The second-order valence-electron chi connectivity index (χ2n) is 7.79. The molecule has 2 aromatic rings. The van der Waals surface area contributed by atoms with Crippen LogP contribution in [0.3, 0.4) is 0 Å². The van der Waals surface area contributed by atoms with Crippen LogP contribution in [0, 0.1) is 11.8 Å². The number of rotatable bonds is 6. The van der Waals surface area contributed by atoms with E-state index in [0.717, 1.165) is 13.1 Å². The molecule has 4 unspecified atom stereocenters. The summed E-state index contributed by atoms with van der Waals surface area (Å²) in [6.45, 7) is 2.45. The van der Waals surface area contributed by atoms with Gasteiger partial charge in [-0.05, 0) is 24.3 Å². The van der Waals surface area contributed by atoms with Gasteiger partial charge in [-0.3, -0.25) is 4.79 Å². The topological polar surface area (TPSA) is 50.8 Å². The summed E-state index contributed by atoms with van der Waals surface area (Å²) in [4.78, 5) is 14.7. The Morgan fingerprint density at radius 3 is 2.64 bits per heavy atom. The number of carbonyl (C=O) groups excluding carboxylic acids is 1. The zero-order valence-corrected chi connectivity index (χ0v) is 15.7. The number of nitrogens with one attached hydrogen (secondary N) is 1. The molecule has 5 rings (SSSR count). The minimum atomic E-state index is -0.402. The molecule has 4 atom stereocenters. The van der Waals surface area contributed by atoms with E-state index in [0.29, 0.717) is 24.1 Å². The van der Waals surface area contributed by atoms with Gasteiger partial charge in [0.2, 0.25) is 0 Å². The van der Waals surface area contributed by atoms with Crippen LogP contribution < -0.4 is 15.0 Å². The number of ether oxygens (including phenoxy) is 2. The molecular weight excluding hydrogens is 352 g/mol. The van der Waals surface area contributed by atoms with Gasteiger partial charge in [-0.25, -0.2) is 0 Å². The van der Waals surface area contributed by atoms with Gasteiger partial charge in [0.15, 0.2) is 6.61 Å². The Bertz CT molecular complexity index is 870. The van der Waals surface area contributed by atoms with Crippen LogP contribution in [0.5, 0.6) is 5.75 Å². The minimum Gasteiger partial charge on any atom is -0.484 e. The van der Waals surface area contributed by atoms with Crippen LogP contribution in [0.4, 0.5) is 5.69 Å². The van der Waals surface area contributed by atoms with Crippen LogP contribution >= 0.6 is 0 Å². The molecule has 144 valence electrons.